The number of carbonyl (C=O) groups excluding carboxylic acids is 1. The molecule has 1 aliphatic heterocycles. The van der Waals surface area contributed by atoms with E-state index in [2.05, 4.69) is 15.2 Å². The Labute approximate surface area is 88.5 Å². The molecule has 15 heavy (non-hydrogen) atoms. The third kappa shape index (κ3) is 3.06. The van der Waals surface area contributed by atoms with Crippen LogP contribution in [0.25, 0.3) is 0 Å². The second-order valence-corrected chi connectivity index (χ2v) is 3.72. The number of rotatable bonds is 3. The summed E-state index contributed by atoms with van der Waals surface area (Å²) >= 11 is 0. The SMILES string of the molecule is O=C(CN1CCCCC1)Nc1ncco1. The molecule has 1 N–H and O–H groups in total. The fraction of sp³-hybridized carbons (Fsp3) is 0.600. The van der Waals surface area contributed by atoms with Crippen molar-refractivity contribution in [1.29, 1.82) is 0 Å². The van der Waals surface area contributed by atoms with Gasteiger partial charge in [-0.2, -0.15) is 0 Å². The molecule has 5 heteroatoms. The van der Waals surface area contributed by atoms with E-state index in [1.807, 2.05) is 0 Å². The van der Waals surface area contributed by atoms with Crippen molar-refractivity contribution < 1.29 is 9.21 Å². The lowest BCUT2D eigenvalue weighted by atomic mass is 10.1. The molecule has 0 unspecified atom stereocenters. The maximum atomic E-state index is 11.5. The predicted octanol–water partition coefficient (Wildman–Crippen LogP) is 1.10. The van der Waals surface area contributed by atoms with Gasteiger partial charge in [0.05, 0.1) is 12.7 Å². The minimum absolute atomic E-state index is 0.0562. The Balaban J connectivity index is 1.76. The highest BCUT2D eigenvalue weighted by Crippen LogP contribution is 2.08. The number of piperidine rings is 1. The van der Waals surface area contributed by atoms with Crippen molar-refractivity contribution in [2.45, 2.75) is 19.3 Å². The van der Waals surface area contributed by atoms with Crippen molar-refractivity contribution in [2.24, 2.45) is 0 Å². The summed E-state index contributed by atoms with van der Waals surface area (Å²) in [5.74, 6) is -0.0562. The van der Waals surface area contributed by atoms with Crippen LogP contribution in [0.2, 0.25) is 0 Å². The molecule has 0 aromatic carbocycles. The summed E-state index contributed by atoms with van der Waals surface area (Å²) in [6.45, 7) is 2.46. The fourth-order valence-electron chi connectivity index (χ4n) is 1.76. The molecule has 2 rings (SSSR count). The molecule has 0 spiro atoms. The van der Waals surface area contributed by atoms with Gasteiger partial charge in [-0.15, -0.1) is 0 Å². The van der Waals surface area contributed by atoms with Gasteiger partial charge in [0, 0.05) is 0 Å². The second-order valence-electron chi connectivity index (χ2n) is 3.72. The van der Waals surface area contributed by atoms with Gasteiger partial charge in [0.2, 0.25) is 5.91 Å². The average molecular weight is 209 g/mol. The molecule has 0 radical (unpaired) electrons. The van der Waals surface area contributed by atoms with Crippen LogP contribution in [0.3, 0.4) is 0 Å². The number of hydrogen-bond acceptors (Lipinski definition) is 4. The second kappa shape index (κ2) is 4.93. The summed E-state index contributed by atoms with van der Waals surface area (Å²) in [6.07, 6.45) is 6.60. The highest BCUT2D eigenvalue weighted by molar-refractivity contribution is 5.90. The van der Waals surface area contributed by atoms with Crippen LogP contribution < -0.4 is 5.32 Å². The molecule has 1 aromatic heterocycles. The first-order chi connectivity index (χ1) is 7.34. The summed E-state index contributed by atoms with van der Waals surface area (Å²) in [5.41, 5.74) is 0. The number of anilines is 1. The molecule has 0 bridgehead atoms. The summed E-state index contributed by atoms with van der Waals surface area (Å²) in [4.78, 5) is 17.5. The van der Waals surface area contributed by atoms with E-state index in [0.717, 1.165) is 13.1 Å². The molecule has 0 aliphatic carbocycles. The molecule has 1 amide bonds. The molecule has 2 heterocycles. The number of aromatic nitrogens is 1. The minimum Gasteiger partial charge on any atom is -0.432 e. The Bertz CT molecular complexity index is 304. The van der Waals surface area contributed by atoms with Crippen molar-refractivity contribution in [3.8, 4) is 0 Å². The predicted molar refractivity (Wildman–Crippen MR) is 55.4 cm³/mol. The molecule has 0 atom stereocenters. The lowest BCUT2D eigenvalue weighted by Gasteiger charge is -2.25. The highest BCUT2D eigenvalue weighted by atomic mass is 16.4. The van der Waals surface area contributed by atoms with Crippen LogP contribution >= 0.6 is 0 Å². The Morgan fingerprint density at radius 3 is 2.93 bits per heavy atom. The minimum atomic E-state index is -0.0562. The Morgan fingerprint density at radius 2 is 2.27 bits per heavy atom. The number of likely N-dealkylation sites (tertiary alicyclic amines) is 1. The fourth-order valence-corrected chi connectivity index (χ4v) is 1.76. The van der Waals surface area contributed by atoms with E-state index in [1.165, 1.54) is 31.7 Å². The van der Waals surface area contributed by atoms with Gasteiger partial charge in [-0.1, -0.05) is 6.42 Å². The average Bonchev–Trinajstić information content (AvgIpc) is 2.71. The van der Waals surface area contributed by atoms with Crippen LogP contribution in [0.1, 0.15) is 19.3 Å². The van der Waals surface area contributed by atoms with Gasteiger partial charge in [0.25, 0.3) is 0 Å². The van der Waals surface area contributed by atoms with Gasteiger partial charge in [-0.25, -0.2) is 4.98 Å². The third-order valence-electron chi connectivity index (χ3n) is 2.49. The van der Waals surface area contributed by atoms with Crippen LogP contribution in [0.4, 0.5) is 6.01 Å². The van der Waals surface area contributed by atoms with Crippen LogP contribution in [-0.4, -0.2) is 35.4 Å². The first-order valence-corrected chi connectivity index (χ1v) is 5.26. The van der Waals surface area contributed by atoms with Crippen LogP contribution in [0, 0.1) is 0 Å². The first-order valence-electron chi connectivity index (χ1n) is 5.26. The highest BCUT2D eigenvalue weighted by Gasteiger charge is 2.14. The number of nitrogens with one attached hydrogen (secondary N) is 1. The van der Waals surface area contributed by atoms with Gasteiger partial charge in [-0.3, -0.25) is 15.0 Å². The number of amides is 1. The quantitative estimate of drug-likeness (QED) is 0.809. The number of nitrogens with zero attached hydrogens (tertiary/aromatic N) is 2. The van der Waals surface area contributed by atoms with Gasteiger partial charge in [-0.05, 0) is 25.9 Å². The molecule has 1 aliphatic rings. The molecule has 0 saturated carbocycles. The molecule has 1 fully saturated rings. The molecule has 1 aromatic rings. The Kier molecular flexibility index (Phi) is 3.34. The summed E-state index contributed by atoms with van der Waals surface area (Å²) < 4.78 is 4.93. The van der Waals surface area contributed by atoms with Crippen molar-refractivity contribution in [3.63, 3.8) is 0 Å². The van der Waals surface area contributed by atoms with Gasteiger partial charge in [0.15, 0.2) is 0 Å². The first kappa shape index (κ1) is 10.2. The maximum Gasteiger partial charge on any atom is 0.301 e. The molecule has 1 saturated heterocycles. The summed E-state index contributed by atoms with van der Waals surface area (Å²) in [7, 11) is 0. The van der Waals surface area contributed by atoms with E-state index in [0.29, 0.717) is 6.54 Å². The van der Waals surface area contributed by atoms with Crippen LogP contribution in [-0.2, 0) is 4.79 Å². The van der Waals surface area contributed by atoms with E-state index in [-0.39, 0.29) is 11.9 Å². The smallest absolute Gasteiger partial charge is 0.301 e. The largest absolute Gasteiger partial charge is 0.432 e. The van der Waals surface area contributed by atoms with E-state index < -0.39 is 0 Å². The number of hydrogen-bond donors (Lipinski definition) is 1. The Hall–Kier alpha value is -1.36. The normalized spacial score (nSPS) is 17.6. The summed E-state index contributed by atoms with van der Waals surface area (Å²) in [5, 5.41) is 2.61. The Morgan fingerprint density at radius 1 is 1.47 bits per heavy atom. The number of oxazole rings is 1. The zero-order valence-corrected chi connectivity index (χ0v) is 8.61. The van der Waals surface area contributed by atoms with Gasteiger partial charge in [0.1, 0.15) is 6.26 Å². The van der Waals surface area contributed by atoms with E-state index in [1.54, 1.807) is 0 Å². The monoisotopic (exact) mass is 209 g/mol. The zero-order chi connectivity index (χ0) is 10.5. The topological polar surface area (TPSA) is 58.4 Å². The van der Waals surface area contributed by atoms with Crippen LogP contribution in [0.15, 0.2) is 16.9 Å². The van der Waals surface area contributed by atoms with E-state index in [9.17, 15) is 4.79 Å². The lowest BCUT2D eigenvalue weighted by Crippen LogP contribution is -2.36. The van der Waals surface area contributed by atoms with Crippen molar-refractivity contribution in [2.75, 3.05) is 25.0 Å². The molecular weight excluding hydrogens is 194 g/mol. The van der Waals surface area contributed by atoms with E-state index in [4.69, 9.17) is 4.42 Å². The van der Waals surface area contributed by atoms with E-state index >= 15 is 0 Å². The summed E-state index contributed by atoms with van der Waals surface area (Å²) in [6, 6.07) is 0.275. The zero-order valence-electron chi connectivity index (χ0n) is 8.61. The van der Waals surface area contributed by atoms with Gasteiger partial charge < -0.3 is 4.42 Å². The standard InChI is InChI=1S/C10H15N3O2/c14-9(12-10-11-4-7-15-10)8-13-5-2-1-3-6-13/h4,7H,1-3,5-6,8H2,(H,11,12,14). The maximum absolute atomic E-state index is 11.5. The van der Waals surface area contributed by atoms with Gasteiger partial charge >= 0.3 is 6.01 Å². The van der Waals surface area contributed by atoms with Crippen molar-refractivity contribution in [3.05, 3.63) is 12.5 Å². The lowest BCUT2D eigenvalue weighted by molar-refractivity contribution is -0.117. The molecule has 5 nitrogen and oxygen atoms in total. The molecule has 82 valence electrons. The van der Waals surface area contributed by atoms with Crippen LogP contribution in [0.5, 0.6) is 0 Å². The third-order valence-corrected chi connectivity index (χ3v) is 2.49. The van der Waals surface area contributed by atoms with Crippen molar-refractivity contribution in [1.82, 2.24) is 9.88 Å². The number of carbonyl (C=O) groups is 1. The molecular formula is C10H15N3O2. The van der Waals surface area contributed by atoms with Crippen molar-refractivity contribution >= 4 is 11.9 Å².